The van der Waals surface area contributed by atoms with Gasteiger partial charge in [0.15, 0.2) is 0 Å². The number of aryl methyl sites for hydroxylation is 1. The minimum Gasteiger partial charge on any atom is -0.478 e. The molecule has 0 heterocycles. The molecule has 0 atom stereocenters. The molecule has 1 aromatic carbocycles. The Balaban J connectivity index is 2.24. The Labute approximate surface area is 124 Å². The molecule has 0 aliphatic heterocycles. The van der Waals surface area contributed by atoms with Crippen LogP contribution in [-0.2, 0) is 14.8 Å². The molecule has 0 spiro atoms. The van der Waals surface area contributed by atoms with Crippen LogP contribution in [0.5, 0.6) is 0 Å². The zero-order valence-electron chi connectivity index (χ0n) is 12.1. The second kappa shape index (κ2) is 5.61. The molecule has 1 aliphatic rings. The van der Waals surface area contributed by atoms with E-state index in [1.165, 1.54) is 12.1 Å². The van der Waals surface area contributed by atoms with Crippen LogP contribution in [0.25, 0.3) is 6.08 Å². The van der Waals surface area contributed by atoms with Gasteiger partial charge in [0, 0.05) is 11.6 Å². The summed E-state index contributed by atoms with van der Waals surface area (Å²) in [6.07, 6.45) is 5.23. The Morgan fingerprint density at radius 2 is 2.05 bits per heavy atom. The second-order valence-corrected chi connectivity index (χ2v) is 7.39. The predicted molar refractivity (Wildman–Crippen MR) is 80.4 cm³/mol. The van der Waals surface area contributed by atoms with Crippen LogP contribution in [0.1, 0.15) is 37.3 Å². The number of benzene rings is 1. The molecule has 1 fully saturated rings. The van der Waals surface area contributed by atoms with Gasteiger partial charge in [-0.15, -0.1) is 0 Å². The van der Waals surface area contributed by atoms with Gasteiger partial charge in [0.05, 0.1) is 4.90 Å². The van der Waals surface area contributed by atoms with E-state index in [4.69, 9.17) is 5.11 Å². The normalized spacial score (nSPS) is 17.6. The molecular formula is C15H19NO4S. The van der Waals surface area contributed by atoms with Crippen LogP contribution in [0.4, 0.5) is 0 Å². The number of carboxylic acid groups (broad SMARTS) is 1. The number of hydrogen-bond acceptors (Lipinski definition) is 3. The minimum atomic E-state index is -3.54. The third-order valence-corrected chi connectivity index (χ3v) is 5.43. The summed E-state index contributed by atoms with van der Waals surface area (Å²) in [5, 5.41) is 8.62. The molecule has 0 unspecified atom stereocenters. The maximum absolute atomic E-state index is 12.3. The Bertz CT molecular complexity index is 688. The van der Waals surface area contributed by atoms with Crippen molar-refractivity contribution >= 4 is 22.1 Å². The molecule has 0 aromatic heterocycles. The Morgan fingerprint density at radius 1 is 1.38 bits per heavy atom. The van der Waals surface area contributed by atoms with E-state index in [-0.39, 0.29) is 10.4 Å². The first kappa shape index (κ1) is 15.7. The summed E-state index contributed by atoms with van der Waals surface area (Å²) in [4.78, 5) is 10.7. The summed E-state index contributed by atoms with van der Waals surface area (Å²) in [5.74, 6) is -1.04. The quantitative estimate of drug-likeness (QED) is 0.818. The standard InChI is InChI=1S/C15H19NO4S/c1-11-10-13(6-4-12(11)5-7-14(17)18)21(19,20)16-15(2)8-3-9-15/h4-7,10,16H,3,8-9H2,1-2H3,(H,17,18)/b7-5+. The van der Waals surface area contributed by atoms with E-state index in [1.54, 1.807) is 19.1 Å². The minimum absolute atomic E-state index is 0.209. The van der Waals surface area contributed by atoms with Crippen molar-refractivity contribution < 1.29 is 18.3 Å². The maximum atomic E-state index is 12.3. The Kier molecular flexibility index (Phi) is 4.20. The van der Waals surface area contributed by atoms with Gasteiger partial charge in [-0.1, -0.05) is 6.07 Å². The lowest BCUT2D eigenvalue weighted by Gasteiger charge is -2.38. The van der Waals surface area contributed by atoms with Crippen LogP contribution >= 0.6 is 0 Å². The molecule has 0 bridgehead atoms. The monoisotopic (exact) mass is 309 g/mol. The largest absolute Gasteiger partial charge is 0.478 e. The fourth-order valence-corrected chi connectivity index (χ4v) is 3.91. The molecule has 6 heteroatoms. The van der Waals surface area contributed by atoms with Gasteiger partial charge >= 0.3 is 5.97 Å². The third kappa shape index (κ3) is 3.71. The molecule has 0 saturated heterocycles. The van der Waals surface area contributed by atoms with Crippen molar-refractivity contribution in [2.24, 2.45) is 0 Å². The van der Waals surface area contributed by atoms with Gasteiger partial charge in [-0.25, -0.2) is 17.9 Å². The molecule has 21 heavy (non-hydrogen) atoms. The van der Waals surface area contributed by atoms with E-state index in [1.807, 2.05) is 6.92 Å². The van der Waals surface area contributed by atoms with E-state index in [0.29, 0.717) is 11.1 Å². The molecule has 0 radical (unpaired) electrons. The first-order valence-corrected chi connectivity index (χ1v) is 8.26. The predicted octanol–water partition coefficient (Wildman–Crippen LogP) is 2.31. The van der Waals surface area contributed by atoms with Crippen molar-refractivity contribution in [1.82, 2.24) is 4.72 Å². The Morgan fingerprint density at radius 3 is 2.52 bits per heavy atom. The lowest BCUT2D eigenvalue weighted by molar-refractivity contribution is -0.131. The van der Waals surface area contributed by atoms with Gasteiger partial charge in [-0.3, -0.25) is 0 Å². The number of sulfonamides is 1. The van der Waals surface area contributed by atoms with Gasteiger partial charge in [0.2, 0.25) is 10.0 Å². The molecule has 0 amide bonds. The first-order valence-electron chi connectivity index (χ1n) is 6.78. The van der Waals surface area contributed by atoms with E-state index in [2.05, 4.69) is 4.72 Å². The van der Waals surface area contributed by atoms with E-state index in [0.717, 1.165) is 25.3 Å². The molecule has 1 aliphatic carbocycles. The average Bonchev–Trinajstić information content (AvgIpc) is 2.34. The summed E-state index contributed by atoms with van der Waals surface area (Å²) in [6, 6.07) is 4.68. The number of nitrogens with one attached hydrogen (secondary N) is 1. The van der Waals surface area contributed by atoms with Gasteiger partial charge in [0.1, 0.15) is 0 Å². The van der Waals surface area contributed by atoms with Crippen LogP contribution in [0.3, 0.4) is 0 Å². The van der Waals surface area contributed by atoms with Crippen molar-refractivity contribution in [3.8, 4) is 0 Å². The lowest BCUT2D eigenvalue weighted by Crippen LogP contribution is -2.50. The summed E-state index contributed by atoms with van der Waals surface area (Å²) in [5.41, 5.74) is 1.06. The highest BCUT2D eigenvalue weighted by Crippen LogP contribution is 2.32. The van der Waals surface area contributed by atoms with Gasteiger partial charge < -0.3 is 5.11 Å². The van der Waals surface area contributed by atoms with E-state index >= 15 is 0 Å². The molecular weight excluding hydrogens is 290 g/mol. The molecule has 114 valence electrons. The van der Waals surface area contributed by atoms with Crippen molar-refractivity contribution in [2.45, 2.75) is 43.5 Å². The highest BCUT2D eigenvalue weighted by molar-refractivity contribution is 7.89. The van der Waals surface area contributed by atoms with Crippen LogP contribution in [0, 0.1) is 6.92 Å². The number of carboxylic acids is 1. The molecule has 5 nitrogen and oxygen atoms in total. The lowest BCUT2D eigenvalue weighted by atomic mass is 9.80. The van der Waals surface area contributed by atoms with Gasteiger partial charge in [-0.05, 0) is 62.4 Å². The number of carbonyl (C=O) groups is 1. The smallest absolute Gasteiger partial charge is 0.328 e. The molecule has 1 saturated carbocycles. The van der Waals surface area contributed by atoms with Crippen molar-refractivity contribution in [3.63, 3.8) is 0 Å². The fourth-order valence-electron chi connectivity index (χ4n) is 2.36. The second-order valence-electron chi connectivity index (χ2n) is 5.71. The summed E-state index contributed by atoms with van der Waals surface area (Å²) in [6.45, 7) is 3.66. The van der Waals surface area contributed by atoms with Gasteiger partial charge in [0.25, 0.3) is 0 Å². The first-order chi connectivity index (χ1) is 9.72. The summed E-state index contributed by atoms with van der Waals surface area (Å²) in [7, 11) is -3.54. The zero-order chi connectivity index (χ0) is 15.7. The zero-order valence-corrected chi connectivity index (χ0v) is 12.9. The van der Waals surface area contributed by atoms with Crippen LogP contribution in [-0.4, -0.2) is 25.0 Å². The SMILES string of the molecule is Cc1cc(S(=O)(=O)NC2(C)CCC2)ccc1/C=C/C(=O)O. The van der Waals surface area contributed by atoms with E-state index < -0.39 is 16.0 Å². The third-order valence-electron chi connectivity index (χ3n) is 3.79. The van der Waals surface area contributed by atoms with Gasteiger partial charge in [-0.2, -0.15) is 0 Å². The van der Waals surface area contributed by atoms with Crippen LogP contribution in [0.15, 0.2) is 29.2 Å². The van der Waals surface area contributed by atoms with Crippen molar-refractivity contribution in [2.75, 3.05) is 0 Å². The summed E-state index contributed by atoms with van der Waals surface area (Å²) < 4.78 is 27.4. The highest BCUT2D eigenvalue weighted by atomic mass is 32.2. The average molecular weight is 309 g/mol. The number of rotatable bonds is 5. The Hall–Kier alpha value is -1.66. The molecule has 2 rings (SSSR count). The maximum Gasteiger partial charge on any atom is 0.328 e. The molecule has 1 aromatic rings. The number of aliphatic carboxylic acids is 1. The highest BCUT2D eigenvalue weighted by Gasteiger charge is 2.36. The van der Waals surface area contributed by atoms with Crippen LogP contribution < -0.4 is 4.72 Å². The topological polar surface area (TPSA) is 83.5 Å². The fraction of sp³-hybridized carbons (Fsp3) is 0.400. The van der Waals surface area contributed by atoms with Crippen LogP contribution in [0.2, 0.25) is 0 Å². The van der Waals surface area contributed by atoms with Crippen molar-refractivity contribution in [3.05, 3.63) is 35.4 Å². The van der Waals surface area contributed by atoms with Crippen molar-refractivity contribution in [1.29, 1.82) is 0 Å². The number of hydrogen-bond donors (Lipinski definition) is 2. The molecule has 2 N–H and O–H groups in total. The summed E-state index contributed by atoms with van der Waals surface area (Å²) >= 11 is 0. The van der Waals surface area contributed by atoms with E-state index in [9.17, 15) is 13.2 Å².